The van der Waals surface area contributed by atoms with Gasteiger partial charge in [-0.05, 0) is 0 Å². The molecule has 6 heteroatoms. The van der Waals surface area contributed by atoms with E-state index in [9.17, 15) is 0 Å². The number of hydrogen-bond donors (Lipinski definition) is 0. The minimum atomic E-state index is -5.17. The molecule has 8 heavy (non-hydrogen) atoms. The minimum absolute atomic E-state index is 0. The first-order chi connectivity index (χ1) is 3.00. The Balaban J connectivity index is -0.0000000750. The van der Waals surface area contributed by atoms with Crippen molar-refractivity contribution < 1.29 is 34.6 Å². The van der Waals surface area contributed by atoms with Gasteiger partial charge in [-0.3, -0.25) is 8.42 Å². The second-order valence-electron chi connectivity index (χ2n) is 0.408. The van der Waals surface area contributed by atoms with E-state index in [0.29, 0.717) is 0 Å². The topological polar surface area (TPSA) is 80.3 Å². The predicted octanol–water partition coefficient (Wildman–Crippen LogP) is -0.314. The molecule has 0 saturated heterocycles. The van der Waals surface area contributed by atoms with Crippen molar-refractivity contribution in [2.24, 2.45) is 0 Å². The molecule has 0 aliphatic carbocycles. The van der Waals surface area contributed by atoms with Gasteiger partial charge in [0.25, 0.3) is 0 Å². The second-order valence-corrected chi connectivity index (χ2v) is 1.22. The third-order valence-corrected chi connectivity index (χ3v) is 0. The minimum Gasteiger partial charge on any atom is -0.759 e. The molecule has 0 spiro atoms. The molecule has 0 rings (SSSR count). The van der Waals surface area contributed by atoms with Crippen molar-refractivity contribution >= 4 is 10.4 Å². The van der Waals surface area contributed by atoms with Crippen LogP contribution in [0.4, 0.5) is 0 Å². The second kappa shape index (κ2) is 7.39. The summed E-state index contributed by atoms with van der Waals surface area (Å²) < 4.78 is 34.1. The van der Waals surface area contributed by atoms with Crippen LogP contribution in [0.2, 0.25) is 0 Å². The summed E-state index contributed by atoms with van der Waals surface area (Å²) in [5.41, 5.74) is 0. The van der Waals surface area contributed by atoms with Crippen molar-refractivity contribution in [1.82, 2.24) is 0 Å². The Bertz CT molecular complexity index is 97.2. The summed E-state index contributed by atoms with van der Waals surface area (Å²) in [6, 6.07) is 0. The van der Waals surface area contributed by atoms with Crippen LogP contribution in [0.1, 0.15) is 13.8 Å². The standard InChI is InChI=1S/C2H6.Mn.H2O4S/c1-2;;1-5(2,3)4/h1-2H3;;(H2,1,2,3,4)/q;+2;/p-2. The van der Waals surface area contributed by atoms with Gasteiger partial charge in [-0.15, -0.1) is 0 Å². The smallest absolute Gasteiger partial charge is 0.759 e. The fourth-order valence-electron chi connectivity index (χ4n) is 0. The van der Waals surface area contributed by atoms with Crippen molar-refractivity contribution in [2.45, 2.75) is 13.8 Å². The van der Waals surface area contributed by atoms with E-state index in [4.69, 9.17) is 17.5 Å². The first-order valence-electron chi connectivity index (χ1n) is 1.67. The number of rotatable bonds is 0. The van der Waals surface area contributed by atoms with Gasteiger partial charge in [-0.2, -0.15) is 0 Å². The van der Waals surface area contributed by atoms with Gasteiger partial charge in [0, 0.05) is 10.4 Å². The Kier molecular flexibility index (Phi) is 14.6. The molecule has 51 valence electrons. The van der Waals surface area contributed by atoms with Gasteiger partial charge in [0.15, 0.2) is 0 Å². The Morgan fingerprint density at radius 3 is 1.12 bits per heavy atom. The SMILES string of the molecule is CC.O=S(=O)([O-])[O-].[Mn+2]. The van der Waals surface area contributed by atoms with Crippen molar-refractivity contribution in [3.63, 3.8) is 0 Å². The van der Waals surface area contributed by atoms with Crippen LogP contribution < -0.4 is 0 Å². The molecular weight excluding hydrogens is 175 g/mol. The summed E-state index contributed by atoms with van der Waals surface area (Å²) in [5, 5.41) is 0. The quantitative estimate of drug-likeness (QED) is 0.291. The molecule has 0 unspecified atom stereocenters. The van der Waals surface area contributed by atoms with Crippen LogP contribution in [0.5, 0.6) is 0 Å². The largest absolute Gasteiger partial charge is 2.00 e. The van der Waals surface area contributed by atoms with Gasteiger partial charge in [0.1, 0.15) is 0 Å². The molecule has 0 heterocycles. The summed E-state index contributed by atoms with van der Waals surface area (Å²) in [5.74, 6) is 0. The summed E-state index contributed by atoms with van der Waals surface area (Å²) >= 11 is 0. The van der Waals surface area contributed by atoms with Gasteiger partial charge in [0.2, 0.25) is 0 Å². The average Bonchev–Trinajstić information content (AvgIpc) is 1.36. The van der Waals surface area contributed by atoms with Crippen LogP contribution >= 0.6 is 0 Å². The van der Waals surface area contributed by atoms with Crippen LogP contribution in [-0.4, -0.2) is 17.5 Å². The summed E-state index contributed by atoms with van der Waals surface area (Å²) in [7, 11) is -5.17. The zero-order valence-electron chi connectivity index (χ0n) is 4.42. The maximum atomic E-state index is 8.52. The van der Waals surface area contributed by atoms with E-state index < -0.39 is 10.4 Å². The molecule has 0 N–H and O–H groups in total. The average molecular weight is 181 g/mol. The molecule has 0 aromatic heterocycles. The Morgan fingerprint density at radius 2 is 1.12 bits per heavy atom. The maximum Gasteiger partial charge on any atom is 2.00 e. The summed E-state index contributed by atoms with van der Waals surface area (Å²) in [6.45, 7) is 4.00. The normalized spacial score (nSPS) is 8.00. The predicted molar refractivity (Wildman–Crippen MR) is 21.8 cm³/mol. The van der Waals surface area contributed by atoms with Crippen molar-refractivity contribution in [3.8, 4) is 0 Å². The van der Waals surface area contributed by atoms with E-state index in [2.05, 4.69) is 0 Å². The van der Waals surface area contributed by atoms with E-state index in [1.165, 1.54) is 0 Å². The van der Waals surface area contributed by atoms with Crippen molar-refractivity contribution in [1.29, 1.82) is 0 Å². The third kappa shape index (κ3) is 1220. The molecular formula is C2H6MnO4S. The molecule has 0 fully saturated rings. The molecule has 0 aromatic carbocycles. The fraction of sp³-hybridized carbons (Fsp3) is 1.00. The summed E-state index contributed by atoms with van der Waals surface area (Å²) in [4.78, 5) is 0. The molecule has 0 aliphatic heterocycles. The molecule has 0 amide bonds. The first kappa shape index (κ1) is 15.8. The zero-order valence-corrected chi connectivity index (χ0v) is 6.42. The third-order valence-electron chi connectivity index (χ3n) is 0. The molecule has 0 bridgehead atoms. The van der Waals surface area contributed by atoms with Crippen LogP contribution in [-0.2, 0) is 27.5 Å². The van der Waals surface area contributed by atoms with Crippen LogP contribution in [0.3, 0.4) is 0 Å². The van der Waals surface area contributed by atoms with E-state index in [0.717, 1.165) is 0 Å². The van der Waals surface area contributed by atoms with E-state index >= 15 is 0 Å². The Hall–Kier alpha value is 0.389. The first-order valence-corrected chi connectivity index (χ1v) is 3.00. The van der Waals surface area contributed by atoms with Gasteiger partial charge < -0.3 is 9.11 Å². The van der Waals surface area contributed by atoms with Gasteiger partial charge in [0.05, 0.1) is 0 Å². The molecule has 1 radical (unpaired) electrons. The van der Waals surface area contributed by atoms with Gasteiger partial charge in [-0.1, -0.05) is 13.8 Å². The van der Waals surface area contributed by atoms with Crippen LogP contribution in [0, 0.1) is 0 Å². The van der Waals surface area contributed by atoms with Crippen LogP contribution in [0.15, 0.2) is 0 Å². The maximum absolute atomic E-state index is 8.52. The van der Waals surface area contributed by atoms with E-state index in [1.54, 1.807) is 0 Å². The molecule has 4 nitrogen and oxygen atoms in total. The zero-order chi connectivity index (χ0) is 6.50. The fourth-order valence-corrected chi connectivity index (χ4v) is 0. The van der Waals surface area contributed by atoms with E-state index in [1.807, 2.05) is 13.8 Å². The van der Waals surface area contributed by atoms with Gasteiger partial charge in [-0.25, -0.2) is 0 Å². The van der Waals surface area contributed by atoms with Gasteiger partial charge >= 0.3 is 17.1 Å². The van der Waals surface area contributed by atoms with E-state index in [-0.39, 0.29) is 17.1 Å². The molecule has 0 saturated carbocycles. The number of hydrogen-bond acceptors (Lipinski definition) is 4. The Morgan fingerprint density at radius 1 is 1.12 bits per heavy atom. The molecule has 0 atom stereocenters. The molecule has 0 aliphatic rings. The Labute approximate surface area is 59.3 Å². The van der Waals surface area contributed by atoms with Crippen molar-refractivity contribution in [3.05, 3.63) is 0 Å². The van der Waals surface area contributed by atoms with Crippen molar-refractivity contribution in [2.75, 3.05) is 0 Å². The van der Waals surface area contributed by atoms with Crippen LogP contribution in [0.25, 0.3) is 0 Å². The summed E-state index contributed by atoms with van der Waals surface area (Å²) in [6.07, 6.45) is 0. The monoisotopic (exact) mass is 181 g/mol. The molecule has 0 aromatic rings.